The molecule has 2 aromatic carbocycles. The summed E-state index contributed by atoms with van der Waals surface area (Å²) in [6.07, 6.45) is 0. The Kier molecular flexibility index (Phi) is 4.80. The number of amides is 1. The van der Waals surface area contributed by atoms with Crippen molar-refractivity contribution in [1.29, 1.82) is 0 Å². The molecule has 2 aromatic heterocycles. The molecule has 2 N–H and O–H groups in total. The van der Waals surface area contributed by atoms with E-state index in [1.54, 1.807) is 25.1 Å². The number of furan rings is 1. The van der Waals surface area contributed by atoms with E-state index in [1.165, 1.54) is 24.3 Å². The molecular formula is C21H14N2O6S. The number of nitro benzene ring substituents is 1. The van der Waals surface area contributed by atoms with Gasteiger partial charge in [0.1, 0.15) is 10.5 Å². The molecule has 0 atom stereocenters. The molecule has 9 heteroatoms. The standard InChI is InChI=1S/C21H14N2O6S/c1-11-14-7-2-3-8-16(14)29-18(11)20(24)22-15-10-17(30-19(15)21(25)26)12-5-4-6-13(9-12)23(27)28/h2-10H,1H3,(H,22,24)(H,25,26). The van der Waals surface area contributed by atoms with Crippen LogP contribution in [-0.2, 0) is 0 Å². The normalized spacial score (nSPS) is 10.8. The lowest BCUT2D eigenvalue weighted by Crippen LogP contribution is -2.13. The molecule has 0 unspecified atom stereocenters. The van der Waals surface area contributed by atoms with E-state index in [2.05, 4.69) is 5.32 Å². The van der Waals surface area contributed by atoms with Gasteiger partial charge in [-0.1, -0.05) is 30.3 Å². The largest absolute Gasteiger partial charge is 0.477 e. The maximum atomic E-state index is 12.8. The summed E-state index contributed by atoms with van der Waals surface area (Å²) >= 11 is 0.920. The number of hydrogen-bond donors (Lipinski definition) is 2. The highest BCUT2D eigenvalue weighted by Gasteiger charge is 2.23. The molecule has 0 bridgehead atoms. The summed E-state index contributed by atoms with van der Waals surface area (Å²) in [5.74, 6) is -1.70. The van der Waals surface area contributed by atoms with Crippen LogP contribution in [-0.4, -0.2) is 21.9 Å². The number of carboxylic acids is 1. The van der Waals surface area contributed by atoms with Gasteiger partial charge in [0.15, 0.2) is 5.76 Å². The van der Waals surface area contributed by atoms with Crippen molar-refractivity contribution < 1.29 is 24.0 Å². The summed E-state index contributed by atoms with van der Waals surface area (Å²) in [7, 11) is 0. The molecule has 0 aliphatic carbocycles. The fraction of sp³-hybridized carbons (Fsp3) is 0.0476. The molecule has 4 aromatic rings. The summed E-state index contributed by atoms with van der Waals surface area (Å²) < 4.78 is 5.64. The average Bonchev–Trinajstić information content (AvgIpc) is 3.30. The van der Waals surface area contributed by atoms with Crippen LogP contribution in [0.25, 0.3) is 21.4 Å². The van der Waals surface area contributed by atoms with Gasteiger partial charge in [-0.25, -0.2) is 4.79 Å². The van der Waals surface area contributed by atoms with Gasteiger partial charge in [0, 0.05) is 28.0 Å². The number of anilines is 1. The Morgan fingerprint density at radius 3 is 2.60 bits per heavy atom. The van der Waals surface area contributed by atoms with Crippen LogP contribution in [0.5, 0.6) is 0 Å². The van der Waals surface area contributed by atoms with E-state index >= 15 is 0 Å². The molecule has 8 nitrogen and oxygen atoms in total. The van der Waals surface area contributed by atoms with E-state index in [4.69, 9.17) is 4.42 Å². The van der Waals surface area contributed by atoms with E-state index in [1.807, 2.05) is 12.1 Å². The molecule has 0 fully saturated rings. The molecule has 0 aliphatic rings. The summed E-state index contributed by atoms with van der Waals surface area (Å²) in [6, 6.07) is 14.5. The monoisotopic (exact) mass is 422 g/mol. The number of aryl methyl sites for hydroxylation is 1. The first-order valence-corrected chi connectivity index (χ1v) is 9.58. The summed E-state index contributed by atoms with van der Waals surface area (Å²) in [4.78, 5) is 35.4. The zero-order valence-corrected chi connectivity index (χ0v) is 16.4. The molecular weight excluding hydrogens is 408 g/mol. The molecule has 0 aliphatic heterocycles. The minimum Gasteiger partial charge on any atom is -0.477 e. The van der Waals surface area contributed by atoms with Crippen molar-refractivity contribution in [1.82, 2.24) is 0 Å². The van der Waals surface area contributed by atoms with Crippen molar-refractivity contribution in [3.63, 3.8) is 0 Å². The van der Waals surface area contributed by atoms with Gasteiger partial charge in [-0.2, -0.15) is 0 Å². The van der Waals surface area contributed by atoms with Gasteiger partial charge in [0.2, 0.25) is 0 Å². The van der Waals surface area contributed by atoms with Crippen molar-refractivity contribution in [2.75, 3.05) is 5.32 Å². The van der Waals surface area contributed by atoms with E-state index < -0.39 is 16.8 Å². The minimum absolute atomic E-state index is 0.0846. The van der Waals surface area contributed by atoms with Gasteiger partial charge in [0.05, 0.1) is 10.6 Å². The molecule has 1 amide bonds. The highest BCUT2D eigenvalue weighted by Crippen LogP contribution is 2.36. The quantitative estimate of drug-likeness (QED) is 0.331. The summed E-state index contributed by atoms with van der Waals surface area (Å²) in [5, 5.41) is 24.0. The topological polar surface area (TPSA) is 123 Å². The number of nitrogens with zero attached hydrogens (tertiary/aromatic N) is 1. The van der Waals surface area contributed by atoms with Gasteiger partial charge >= 0.3 is 5.97 Å². The molecule has 4 rings (SSSR count). The molecule has 150 valence electrons. The number of nitro groups is 1. The predicted octanol–water partition coefficient (Wildman–Crippen LogP) is 5.33. The number of rotatable bonds is 5. The van der Waals surface area contributed by atoms with Crippen LogP contribution in [0.15, 0.2) is 59.0 Å². The third kappa shape index (κ3) is 3.42. The van der Waals surface area contributed by atoms with Gasteiger partial charge in [-0.3, -0.25) is 14.9 Å². The van der Waals surface area contributed by atoms with Crippen LogP contribution < -0.4 is 5.32 Å². The second-order valence-corrected chi connectivity index (χ2v) is 7.52. The van der Waals surface area contributed by atoms with Crippen molar-refractivity contribution in [2.24, 2.45) is 0 Å². The van der Waals surface area contributed by atoms with Crippen molar-refractivity contribution >= 4 is 45.6 Å². The number of aromatic carboxylic acids is 1. The fourth-order valence-corrected chi connectivity index (χ4v) is 4.08. The summed E-state index contributed by atoms with van der Waals surface area (Å²) in [5.41, 5.74) is 1.67. The van der Waals surface area contributed by atoms with Crippen LogP contribution >= 0.6 is 11.3 Å². The first-order chi connectivity index (χ1) is 14.3. The second-order valence-electron chi connectivity index (χ2n) is 6.47. The number of fused-ring (bicyclic) bond motifs is 1. The Morgan fingerprint density at radius 2 is 1.90 bits per heavy atom. The van der Waals surface area contributed by atoms with E-state index in [0.717, 1.165) is 16.7 Å². The second kappa shape index (κ2) is 7.45. The van der Waals surface area contributed by atoms with Crippen LogP contribution in [0.3, 0.4) is 0 Å². The maximum absolute atomic E-state index is 12.8. The SMILES string of the molecule is Cc1c(C(=O)Nc2cc(-c3cccc([N+](=O)[O-])c3)sc2C(=O)O)oc2ccccc12. The Labute approximate surface area is 173 Å². The Bertz CT molecular complexity index is 1320. The number of carboxylic acid groups (broad SMARTS) is 1. The van der Waals surface area contributed by atoms with E-state index in [9.17, 15) is 24.8 Å². The van der Waals surface area contributed by atoms with Crippen molar-refractivity contribution in [2.45, 2.75) is 6.92 Å². The summed E-state index contributed by atoms with van der Waals surface area (Å²) in [6.45, 7) is 1.75. The number of carbonyl (C=O) groups excluding carboxylic acids is 1. The molecule has 0 saturated heterocycles. The Morgan fingerprint density at radius 1 is 1.13 bits per heavy atom. The fourth-order valence-electron chi connectivity index (χ4n) is 3.13. The first kappa shape index (κ1) is 19.3. The number of benzene rings is 2. The van der Waals surface area contributed by atoms with E-state index in [0.29, 0.717) is 21.6 Å². The van der Waals surface area contributed by atoms with Gasteiger partial charge in [0.25, 0.3) is 11.6 Å². The van der Waals surface area contributed by atoms with Crippen LogP contribution in [0.2, 0.25) is 0 Å². The van der Waals surface area contributed by atoms with Gasteiger partial charge < -0.3 is 14.8 Å². The predicted molar refractivity (Wildman–Crippen MR) is 112 cm³/mol. The average molecular weight is 422 g/mol. The van der Waals surface area contributed by atoms with Crippen molar-refractivity contribution in [3.05, 3.63) is 80.9 Å². The molecule has 0 spiro atoms. The highest BCUT2D eigenvalue weighted by molar-refractivity contribution is 7.18. The number of nitrogens with one attached hydrogen (secondary N) is 1. The van der Waals surface area contributed by atoms with Crippen LogP contribution in [0, 0.1) is 17.0 Å². The maximum Gasteiger partial charge on any atom is 0.348 e. The molecule has 0 saturated carbocycles. The van der Waals surface area contributed by atoms with Crippen molar-refractivity contribution in [3.8, 4) is 10.4 Å². The number of hydrogen-bond acceptors (Lipinski definition) is 6. The smallest absolute Gasteiger partial charge is 0.348 e. The number of thiophene rings is 1. The third-order valence-electron chi connectivity index (χ3n) is 4.57. The Hall–Kier alpha value is -3.98. The zero-order chi connectivity index (χ0) is 21.4. The lowest BCUT2D eigenvalue weighted by atomic mass is 10.1. The van der Waals surface area contributed by atoms with Crippen LogP contribution in [0.4, 0.5) is 11.4 Å². The minimum atomic E-state index is -1.21. The van der Waals surface area contributed by atoms with Gasteiger partial charge in [-0.15, -0.1) is 11.3 Å². The van der Waals surface area contributed by atoms with E-state index in [-0.39, 0.29) is 22.0 Å². The lowest BCUT2D eigenvalue weighted by molar-refractivity contribution is -0.384. The number of non-ortho nitro benzene ring substituents is 1. The highest BCUT2D eigenvalue weighted by atomic mass is 32.1. The van der Waals surface area contributed by atoms with Crippen LogP contribution in [0.1, 0.15) is 25.8 Å². The third-order valence-corrected chi connectivity index (χ3v) is 5.74. The first-order valence-electron chi connectivity index (χ1n) is 8.76. The molecule has 0 radical (unpaired) electrons. The number of carbonyl (C=O) groups is 2. The lowest BCUT2D eigenvalue weighted by Gasteiger charge is -2.03. The Balaban J connectivity index is 1.71. The molecule has 2 heterocycles. The molecule has 30 heavy (non-hydrogen) atoms. The van der Waals surface area contributed by atoms with Gasteiger partial charge in [-0.05, 0) is 24.6 Å². The number of para-hydroxylation sites is 1. The zero-order valence-electron chi connectivity index (χ0n) is 15.5.